The molecular weight excluding hydrogens is 266 g/mol. The molecule has 2 aliphatic heterocycles. The van der Waals surface area contributed by atoms with Crippen LogP contribution in [0.4, 0.5) is 4.79 Å². The minimum Gasteiger partial charge on any atom is -0.497 e. The number of benzene rings is 1. The highest BCUT2D eigenvalue weighted by Gasteiger charge is 2.42. The minimum atomic E-state index is -0.157. The molecular formula is C17H23NO3. The number of cyclic esters (lactones) is 1. The van der Waals surface area contributed by atoms with Gasteiger partial charge in [-0.25, -0.2) is 4.79 Å². The van der Waals surface area contributed by atoms with Crippen LogP contribution in [0.15, 0.2) is 18.2 Å². The number of ether oxygens (including phenoxy) is 2. The van der Waals surface area contributed by atoms with E-state index in [1.54, 1.807) is 7.11 Å². The SMILES string of the molecule is CCCCC[C@@H]1c2cc(OC)ccc2C[C@H]2COC(=O)N21. The van der Waals surface area contributed by atoms with Gasteiger partial charge in [0.2, 0.25) is 0 Å². The van der Waals surface area contributed by atoms with Crippen LogP contribution >= 0.6 is 0 Å². The Bertz CT molecular complexity index is 529. The van der Waals surface area contributed by atoms with Gasteiger partial charge in [-0.1, -0.05) is 32.3 Å². The second kappa shape index (κ2) is 5.96. The molecule has 0 unspecified atom stereocenters. The van der Waals surface area contributed by atoms with E-state index < -0.39 is 0 Å². The topological polar surface area (TPSA) is 38.8 Å². The number of amides is 1. The maximum Gasteiger partial charge on any atom is 0.410 e. The lowest BCUT2D eigenvalue weighted by molar-refractivity contribution is 0.137. The van der Waals surface area contributed by atoms with Gasteiger partial charge in [0.1, 0.15) is 12.4 Å². The molecule has 0 saturated carbocycles. The molecule has 0 spiro atoms. The Hall–Kier alpha value is -1.71. The normalized spacial score (nSPS) is 23.5. The summed E-state index contributed by atoms with van der Waals surface area (Å²) in [6.07, 6.45) is 5.24. The van der Waals surface area contributed by atoms with Gasteiger partial charge >= 0.3 is 6.09 Å². The maximum absolute atomic E-state index is 12.1. The van der Waals surface area contributed by atoms with Crippen LogP contribution in [-0.4, -0.2) is 30.8 Å². The second-order valence-electron chi connectivity index (χ2n) is 5.92. The molecule has 1 fully saturated rings. The van der Waals surface area contributed by atoms with E-state index in [2.05, 4.69) is 19.1 Å². The lowest BCUT2D eigenvalue weighted by atomic mass is 9.86. The van der Waals surface area contributed by atoms with Crippen molar-refractivity contribution in [1.29, 1.82) is 0 Å². The standard InChI is InChI=1S/C17H23NO3/c1-3-4-5-6-16-15-10-14(20-2)8-7-12(15)9-13-11-21-17(19)18(13)16/h7-8,10,13,16H,3-6,9,11H2,1-2H3/t13-,16+/m0/s1. The summed E-state index contributed by atoms with van der Waals surface area (Å²) >= 11 is 0. The largest absolute Gasteiger partial charge is 0.497 e. The van der Waals surface area contributed by atoms with Crippen molar-refractivity contribution in [3.05, 3.63) is 29.3 Å². The molecule has 1 aromatic rings. The molecule has 4 nitrogen and oxygen atoms in total. The zero-order chi connectivity index (χ0) is 14.8. The number of hydrogen-bond donors (Lipinski definition) is 0. The Labute approximate surface area is 126 Å². The van der Waals surface area contributed by atoms with E-state index in [1.165, 1.54) is 24.0 Å². The zero-order valence-corrected chi connectivity index (χ0v) is 12.8. The maximum atomic E-state index is 12.1. The molecule has 0 bridgehead atoms. The number of fused-ring (bicyclic) bond motifs is 2. The Balaban J connectivity index is 1.93. The first kappa shape index (κ1) is 14.2. The fourth-order valence-electron chi connectivity index (χ4n) is 3.49. The highest BCUT2D eigenvalue weighted by molar-refractivity contribution is 5.72. The highest BCUT2D eigenvalue weighted by atomic mass is 16.6. The van der Waals surface area contributed by atoms with Crippen LogP contribution in [0.25, 0.3) is 0 Å². The molecule has 0 aromatic heterocycles. The Morgan fingerprint density at radius 2 is 2.24 bits per heavy atom. The van der Waals surface area contributed by atoms with Crippen molar-refractivity contribution in [3.8, 4) is 5.75 Å². The van der Waals surface area contributed by atoms with E-state index in [-0.39, 0.29) is 18.2 Å². The van der Waals surface area contributed by atoms with Gasteiger partial charge in [0.05, 0.1) is 19.2 Å². The summed E-state index contributed by atoms with van der Waals surface area (Å²) in [4.78, 5) is 14.0. The average molecular weight is 289 g/mol. The number of hydrogen-bond acceptors (Lipinski definition) is 3. The van der Waals surface area contributed by atoms with Crippen molar-refractivity contribution in [1.82, 2.24) is 4.90 Å². The van der Waals surface area contributed by atoms with Crippen LogP contribution in [0.3, 0.4) is 0 Å². The molecule has 1 saturated heterocycles. The van der Waals surface area contributed by atoms with E-state index in [9.17, 15) is 4.79 Å². The van der Waals surface area contributed by atoms with Crippen LogP contribution in [0.2, 0.25) is 0 Å². The summed E-state index contributed by atoms with van der Waals surface area (Å²) in [5.74, 6) is 0.861. The van der Waals surface area contributed by atoms with Crippen LogP contribution in [0, 0.1) is 0 Å². The van der Waals surface area contributed by atoms with Gasteiger partial charge in [-0.05, 0) is 36.1 Å². The molecule has 2 aliphatic rings. The summed E-state index contributed by atoms with van der Waals surface area (Å²) in [5, 5.41) is 0. The van der Waals surface area contributed by atoms with Crippen LogP contribution in [-0.2, 0) is 11.2 Å². The average Bonchev–Trinajstić information content (AvgIpc) is 2.87. The highest BCUT2D eigenvalue weighted by Crippen LogP contribution is 2.40. The molecule has 2 atom stereocenters. The van der Waals surface area contributed by atoms with Gasteiger partial charge in [0, 0.05) is 0 Å². The van der Waals surface area contributed by atoms with Crippen molar-refractivity contribution >= 4 is 6.09 Å². The lowest BCUT2D eigenvalue weighted by Gasteiger charge is -2.37. The first-order chi connectivity index (χ1) is 10.2. The van der Waals surface area contributed by atoms with Gasteiger partial charge in [-0.15, -0.1) is 0 Å². The molecule has 1 amide bonds. The molecule has 1 aromatic carbocycles. The van der Waals surface area contributed by atoms with Crippen molar-refractivity contribution in [2.24, 2.45) is 0 Å². The molecule has 0 N–H and O–H groups in total. The molecule has 21 heavy (non-hydrogen) atoms. The number of carbonyl (C=O) groups is 1. The van der Waals surface area contributed by atoms with E-state index in [0.717, 1.165) is 25.0 Å². The van der Waals surface area contributed by atoms with E-state index in [4.69, 9.17) is 9.47 Å². The first-order valence-electron chi connectivity index (χ1n) is 7.86. The minimum absolute atomic E-state index is 0.135. The van der Waals surface area contributed by atoms with Gasteiger partial charge in [-0.3, -0.25) is 4.90 Å². The van der Waals surface area contributed by atoms with Crippen molar-refractivity contribution in [2.75, 3.05) is 13.7 Å². The Morgan fingerprint density at radius 1 is 1.38 bits per heavy atom. The third-order valence-electron chi connectivity index (χ3n) is 4.59. The number of rotatable bonds is 5. The Morgan fingerprint density at radius 3 is 3.00 bits per heavy atom. The molecule has 0 radical (unpaired) electrons. The van der Waals surface area contributed by atoms with Crippen LogP contribution in [0.5, 0.6) is 5.75 Å². The Kier molecular flexibility index (Phi) is 4.04. The molecule has 0 aliphatic carbocycles. The summed E-state index contributed by atoms with van der Waals surface area (Å²) in [5.41, 5.74) is 2.57. The van der Waals surface area contributed by atoms with Gasteiger partial charge in [-0.2, -0.15) is 0 Å². The summed E-state index contributed by atoms with van der Waals surface area (Å²) < 4.78 is 10.6. The fraction of sp³-hybridized carbons (Fsp3) is 0.588. The van der Waals surface area contributed by atoms with Crippen molar-refractivity contribution in [2.45, 2.75) is 51.1 Å². The van der Waals surface area contributed by atoms with Crippen molar-refractivity contribution < 1.29 is 14.3 Å². The van der Waals surface area contributed by atoms with Crippen LogP contribution < -0.4 is 4.74 Å². The van der Waals surface area contributed by atoms with Crippen LogP contribution in [0.1, 0.15) is 49.8 Å². The molecule has 114 valence electrons. The molecule has 2 heterocycles. The van der Waals surface area contributed by atoms with E-state index in [1.807, 2.05) is 11.0 Å². The monoisotopic (exact) mass is 289 g/mol. The van der Waals surface area contributed by atoms with Crippen molar-refractivity contribution in [3.63, 3.8) is 0 Å². The van der Waals surface area contributed by atoms with Gasteiger partial charge < -0.3 is 9.47 Å². The van der Waals surface area contributed by atoms with Gasteiger partial charge in [0.25, 0.3) is 0 Å². The predicted octanol–water partition coefficient (Wildman–Crippen LogP) is 3.69. The van der Waals surface area contributed by atoms with E-state index >= 15 is 0 Å². The zero-order valence-electron chi connectivity index (χ0n) is 12.8. The smallest absolute Gasteiger partial charge is 0.410 e. The number of methoxy groups -OCH3 is 1. The fourth-order valence-corrected chi connectivity index (χ4v) is 3.49. The van der Waals surface area contributed by atoms with E-state index in [0.29, 0.717) is 6.61 Å². The summed E-state index contributed by atoms with van der Waals surface area (Å²) in [7, 11) is 1.68. The predicted molar refractivity (Wildman–Crippen MR) is 80.6 cm³/mol. The second-order valence-corrected chi connectivity index (χ2v) is 5.92. The molecule has 4 heteroatoms. The number of unbranched alkanes of at least 4 members (excludes halogenated alkanes) is 2. The third-order valence-corrected chi connectivity index (χ3v) is 4.59. The number of carbonyl (C=O) groups excluding carboxylic acids is 1. The number of nitrogens with zero attached hydrogens (tertiary/aromatic N) is 1. The molecule has 3 rings (SSSR count). The lowest BCUT2D eigenvalue weighted by Crippen LogP contribution is -2.42. The summed E-state index contributed by atoms with van der Waals surface area (Å²) in [6, 6.07) is 6.57. The summed E-state index contributed by atoms with van der Waals surface area (Å²) in [6.45, 7) is 2.72. The first-order valence-corrected chi connectivity index (χ1v) is 7.86. The third kappa shape index (κ3) is 2.59. The quantitative estimate of drug-likeness (QED) is 0.776. The van der Waals surface area contributed by atoms with Gasteiger partial charge in [0.15, 0.2) is 0 Å².